The van der Waals surface area contributed by atoms with Gasteiger partial charge in [-0.1, -0.05) is 87.2 Å². The van der Waals surface area contributed by atoms with Gasteiger partial charge in [-0.3, -0.25) is 9.59 Å². The van der Waals surface area contributed by atoms with E-state index in [-0.39, 0.29) is 41.1 Å². The second kappa shape index (κ2) is 17.6. The van der Waals surface area contributed by atoms with Crippen LogP contribution < -0.4 is 5.32 Å². The Balaban J connectivity index is 1.41. The van der Waals surface area contributed by atoms with Crippen molar-refractivity contribution in [3.8, 4) is 0 Å². The van der Waals surface area contributed by atoms with Crippen molar-refractivity contribution in [3.05, 3.63) is 131 Å². The zero-order chi connectivity index (χ0) is 46.4. The predicted octanol–water partition coefficient (Wildman–Crippen LogP) is 5.60. The molecular formula is C49H55NO14. The maximum atomic E-state index is 15.8. The average Bonchev–Trinajstić information content (AvgIpc) is 3.28. The van der Waals surface area contributed by atoms with Gasteiger partial charge in [0.25, 0.3) is 5.91 Å². The predicted molar refractivity (Wildman–Crippen MR) is 228 cm³/mol. The van der Waals surface area contributed by atoms with Gasteiger partial charge in [0.2, 0.25) is 0 Å². The van der Waals surface area contributed by atoms with E-state index in [0.29, 0.717) is 5.56 Å². The summed E-state index contributed by atoms with van der Waals surface area (Å²) >= 11 is 0. The summed E-state index contributed by atoms with van der Waals surface area (Å²) in [4.78, 5) is 71.5. The molecule has 0 aromatic heterocycles. The van der Waals surface area contributed by atoms with Crippen molar-refractivity contribution in [3.63, 3.8) is 0 Å². The fourth-order valence-corrected chi connectivity index (χ4v) is 10.5. The summed E-state index contributed by atoms with van der Waals surface area (Å²) in [6.07, 6.45) is -10.2. The third-order valence-corrected chi connectivity index (χ3v) is 13.9. The highest BCUT2D eigenvalue weighted by Crippen LogP contribution is 2.65. The first kappa shape index (κ1) is 46.1. The van der Waals surface area contributed by atoms with Crippen LogP contribution in [-0.4, -0.2) is 109 Å². The van der Waals surface area contributed by atoms with Gasteiger partial charge < -0.3 is 48.7 Å². The molecule has 2 bridgehead atoms. The molecule has 0 radical (unpaired) electrons. The summed E-state index contributed by atoms with van der Waals surface area (Å²) in [5, 5.41) is 28.5. The van der Waals surface area contributed by atoms with Crippen LogP contribution in [-0.2, 0) is 42.7 Å². The molecule has 4 aliphatic rings. The first-order valence-electron chi connectivity index (χ1n) is 21.1. The highest BCUT2D eigenvalue weighted by atomic mass is 16.7. The number of hydrogen-bond donors (Lipinski definition) is 3. The fraction of sp³-hybridized carbons (Fsp3) is 0.449. The molecule has 1 saturated heterocycles. The maximum absolute atomic E-state index is 15.8. The molecule has 11 atom stereocenters. The summed E-state index contributed by atoms with van der Waals surface area (Å²) in [6, 6.07) is 23.4. The van der Waals surface area contributed by atoms with Crippen LogP contribution in [0, 0.1) is 16.7 Å². The van der Waals surface area contributed by atoms with E-state index in [4.69, 9.17) is 33.2 Å². The lowest BCUT2D eigenvalue weighted by Gasteiger charge is -2.68. The molecule has 0 spiro atoms. The number of hydrogen-bond acceptors (Lipinski definition) is 14. The standard InChI is InChI=1S/C49H55NO14/c1-27(2)64-48-26-60-34(48)24-33(58-7)47(6)39(48)41(63-43(54)31-22-16-11-17-23-31)49(57)25-32(28(3)35(46(49,4)5)38(40(47)52)62-45(56)59-8)61-44(55)37(51)36(29-18-12-9-13-19-29)50-42(53)30-20-14-10-15-21-30/h9-23,32-34,36-39,41,51,57H,1,24-26H2,2-8H3,(H,50,53)/t32-,33-,34+,36-,37+,38+,39-,41-,47+,48-,49+/m0/s1. The highest BCUT2D eigenvalue weighted by Gasteiger charge is 2.78. The first-order chi connectivity index (χ1) is 30.3. The van der Waals surface area contributed by atoms with E-state index in [0.717, 1.165) is 7.11 Å². The van der Waals surface area contributed by atoms with Crippen molar-refractivity contribution in [2.45, 2.75) is 101 Å². The number of Topliss-reactive ketones (excluding diaryl/α,β-unsaturated/α-hetero) is 1. The molecule has 3 aromatic rings. The van der Waals surface area contributed by atoms with Crippen molar-refractivity contribution < 1.29 is 67.3 Å². The summed E-state index contributed by atoms with van der Waals surface area (Å²) in [5.41, 5.74) is -6.11. The Morgan fingerprint density at radius 2 is 1.47 bits per heavy atom. The summed E-state index contributed by atoms with van der Waals surface area (Å²) in [6.45, 7) is 11.9. The number of fused-ring (bicyclic) bond motifs is 5. The third-order valence-electron chi connectivity index (χ3n) is 13.9. The number of aliphatic hydroxyl groups is 2. The van der Waals surface area contributed by atoms with E-state index in [2.05, 4.69) is 11.9 Å². The van der Waals surface area contributed by atoms with E-state index in [1.807, 2.05) is 0 Å². The van der Waals surface area contributed by atoms with Crippen LogP contribution in [0.1, 0.15) is 79.8 Å². The molecule has 1 amide bonds. The van der Waals surface area contributed by atoms with E-state index >= 15 is 4.79 Å². The smallest absolute Gasteiger partial charge is 0.487 e. The van der Waals surface area contributed by atoms with Gasteiger partial charge in [0, 0.05) is 30.9 Å². The monoisotopic (exact) mass is 881 g/mol. The lowest BCUT2D eigenvalue weighted by atomic mass is 9.44. The number of ketones is 1. The number of benzene rings is 3. The van der Waals surface area contributed by atoms with Gasteiger partial charge in [-0.25, -0.2) is 14.4 Å². The molecule has 15 nitrogen and oxygen atoms in total. The molecular weight excluding hydrogens is 827 g/mol. The number of allylic oxidation sites excluding steroid dienone is 1. The number of nitrogens with one attached hydrogen (secondary N) is 1. The first-order valence-corrected chi connectivity index (χ1v) is 21.1. The molecule has 2 saturated carbocycles. The minimum Gasteiger partial charge on any atom is -0.487 e. The minimum atomic E-state index is -2.30. The zero-order valence-electron chi connectivity index (χ0n) is 36.9. The second-order valence-electron chi connectivity index (χ2n) is 17.7. The Morgan fingerprint density at radius 3 is 2.02 bits per heavy atom. The van der Waals surface area contributed by atoms with Crippen molar-refractivity contribution in [2.75, 3.05) is 20.8 Å². The summed E-state index contributed by atoms with van der Waals surface area (Å²) in [7, 11) is 2.50. The van der Waals surface area contributed by atoms with Crippen LogP contribution >= 0.6 is 0 Å². The third kappa shape index (κ3) is 7.67. The van der Waals surface area contributed by atoms with Crippen molar-refractivity contribution in [1.29, 1.82) is 0 Å². The fourth-order valence-electron chi connectivity index (χ4n) is 10.5. The van der Waals surface area contributed by atoms with Crippen LogP contribution in [0.4, 0.5) is 4.79 Å². The molecule has 7 rings (SSSR count). The van der Waals surface area contributed by atoms with E-state index in [9.17, 15) is 29.4 Å². The van der Waals surface area contributed by atoms with E-state index in [1.54, 1.807) is 126 Å². The highest BCUT2D eigenvalue weighted by molar-refractivity contribution is 5.96. The largest absolute Gasteiger partial charge is 0.509 e. The van der Waals surface area contributed by atoms with Crippen molar-refractivity contribution >= 4 is 29.8 Å². The minimum absolute atomic E-state index is 0.0399. The molecule has 3 aromatic carbocycles. The average molecular weight is 882 g/mol. The SMILES string of the molecule is C=C(C)O[C@@]12CO[C@@H]1C[C@H](OC)[C@@]1(C)C(=O)[C@H](OC(=O)OC)C3=C(C)[C@@H](OC(=O)[C@H](O)[C@@H](NC(=O)c4ccccc4)c4ccccc4)C[C@@](O)([C@@H](OC(=O)c4ccccc4)[C@H]21)C3(C)C. The normalized spacial score (nSPS) is 31.2. The molecule has 0 unspecified atom stereocenters. The number of rotatable bonds is 12. The molecule has 64 heavy (non-hydrogen) atoms. The topological polar surface area (TPSA) is 202 Å². The Kier molecular flexibility index (Phi) is 12.7. The van der Waals surface area contributed by atoms with Gasteiger partial charge in [-0.05, 0) is 61.7 Å². The molecule has 3 aliphatic carbocycles. The van der Waals surface area contributed by atoms with Crippen molar-refractivity contribution in [1.82, 2.24) is 5.32 Å². The second-order valence-corrected chi connectivity index (χ2v) is 17.7. The quantitative estimate of drug-likeness (QED) is 0.0879. The van der Waals surface area contributed by atoms with Gasteiger partial charge in [0.05, 0.1) is 48.5 Å². The van der Waals surface area contributed by atoms with E-state index in [1.165, 1.54) is 7.11 Å². The number of ether oxygens (including phenoxy) is 7. The molecule has 15 heteroatoms. The van der Waals surface area contributed by atoms with Gasteiger partial charge >= 0.3 is 18.1 Å². The Hall–Kier alpha value is -5.87. The summed E-state index contributed by atoms with van der Waals surface area (Å²) < 4.78 is 42.4. The van der Waals surface area contributed by atoms with Gasteiger partial charge in [-0.15, -0.1) is 0 Å². The molecule has 1 aliphatic heterocycles. The number of amides is 1. The van der Waals surface area contributed by atoms with Crippen LogP contribution in [0.25, 0.3) is 0 Å². The number of carbonyl (C=O) groups is 5. The Morgan fingerprint density at radius 1 is 0.875 bits per heavy atom. The van der Waals surface area contributed by atoms with Crippen molar-refractivity contribution in [2.24, 2.45) is 16.7 Å². The molecule has 3 fully saturated rings. The number of esters is 2. The van der Waals surface area contributed by atoms with Gasteiger partial charge in [0.15, 0.2) is 23.6 Å². The lowest BCUT2D eigenvalue weighted by Crippen LogP contribution is -2.81. The lowest BCUT2D eigenvalue weighted by molar-refractivity contribution is -0.349. The zero-order valence-corrected chi connectivity index (χ0v) is 36.9. The van der Waals surface area contributed by atoms with Crippen LogP contribution in [0.5, 0.6) is 0 Å². The van der Waals surface area contributed by atoms with Gasteiger partial charge in [-0.2, -0.15) is 0 Å². The van der Waals surface area contributed by atoms with Crippen LogP contribution in [0.15, 0.2) is 114 Å². The van der Waals surface area contributed by atoms with Crippen LogP contribution in [0.2, 0.25) is 0 Å². The molecule has 340 valence electrons. The number of methoxy groups -OCH3 is 2. The van der Waals surface area contributed by atoms with E-state index < -0.39 is 107 Å². The molecule has 3 N–H and O–H groups in total. The van der Waals surface area contributed by atoms with Gasteiger partial charge in [0.1, 0.15) is 23.9 Å². The summed E-state index contributed by atoms with van der Waals surface area (Å²) in [5.74, 6) is -4.37. The maximum Gasteiger partial charge on any atom is 0.509 e. The Labute approximate surface area is 371 Å². The van der Waals surface area contributed by atoms with Crippen LogP contribution in [0.3, 0.4) is 0 Å². The Bertz CT molecular complexity index is 2320. The molecule has 1 heterocycles. The number of aliphatic hydroxyl groups excluding tert-OH is 1. The number of carbonyl (C=O) groups excluding carboxylic acids is 5.